The second-order valence-electron chi connectivity index (χ2n) is 5.36. The molecular weight excluding hydrogens is 336 g/mol. The highest BCUT2D eigenvalue weighted by molar-refractivity contribution is 5.78. The third kappa shape index (κ3) is 4.15. The van der Waals surface area contributed by atoms with Gasteiger partial charge < -0.3 is 19.2 Å². The maximum Gasteiger partial charge on any atom is 0.266 e. The third-order valence-electron chi connectivity index (χ3n) is 3.60. The lowest BCUT2D eigenvalue weighted by atomic mass is 10.1. The Hall–Kier alpha value is -3.42. The molecule has 8 nitrogen and oxygen atoms in total. The summed E-state index contributed by atoms with van der Waals surface area (Å²) in [4.78, 5) is 16.3. The van der Waals surface area contributed by atoms with E-state index in [1.165, 1.54) is 0 Å². The zero-order chi connectivity index (χ0) is 18.4. The van der Waals surface area contributed by atoms with Crippen molar-refractivity contribution in [2.75, 3.05) is 14.2 Å². The maximum atomic E-state index is 12.1. The van der Waals surface area contributed by atoms with Crippen molar-refractivity contribution >= 4 is 5.91 Å². The van der Waals surface area contributed by atoms with E-state index >= 15 is 0 Å². The molecule has 0 radical (unpaired) electrons. The highest BCUT2D eigenvalue weighted by atomic mass is 16.5. The van der Waals surface area contributed by atoms with Crippen LogP contribution in [0.5, 0.6) is 11.5 Å². The van der Waals surface area contributed by atoms with Crippen LogP contribution in [0, 0.1) is 0 Å². The van der Waals surface area contributed by atoms with E-state index in [0.717, 1.165) is 5.56 Å². The van der Waals surface area contributed by atoms with Crippen molar-refractivity contribution in [2.45, 2.75) is 13.0 Å². The molecule has 2 heterocycles. The number of nitrogens with zero attached hydrogens (tertiary/aromatic N) is 3. The van der Waals surface area contributed by atoms with E-state index < -0.39 is 0 Å². The van der Waals surface area contributed by atoms with Crippen LogP contribution in [0.2, 0.25) is 0 Å². The summed E-state index contributed by atoms with van der Waals surface area (Å²) in [6.07, 6.45) is 1.84. The zero-order valence-electron chi connectivity index (χ0n) is 14.4. The van der Waals surface area contributed by atoms with Gasteiger partial charge in [0.15, 0.2) is 11.5 Å². The molecule has 0 unspecified atom stereocenters. The van der Waals surface area contributed by atoms with Crippen molar-refractivity contribution in [3.63, 3.8) is 0 Å². The smallest absolute Gasteiger partial charge is 0.266 e. The number of methoxy groups -OCH3 is 2. The topological polar surface area (TPSA) is 99.4 Å². The lowest BCUT2D eigenvalue weighted by Gasteiger charge is -2.09. The fraction of sp³-hybridized carbons (Fsp3) is 0.222. The molecule has 1 aromatic carbocycles. The molecule has 8 heteroatoms. The number of rotatable bonds is 7. The van der Waals surface area contributed by atoms with Crippen molar-refractivity contribution in [3.8, 4) is 23.1 Å². The van der Waals surface area contributed by atoms with Crippen LogP contribution in [-0.4, -0.2) is 35.3 Å². The molecule has 1 amide bonds. The molecule has 3 rings (SSSR count). The Morgan fingerprint density at radius 2 is 1.96 bits per heavy atom. The fourth-order valence-corrected chi connectivity index (χ4v) is 2.33. The monoisotopic (exact) mass is 354 g/mol. The van der Waals surface area contributed by atoms with Crippen molar-refractivity contribution in [1.82, 2.24) is 20.5 Å². The standard InChI is InChI=1S/C18H18N4O4/c1-24-14-7-6-12(9-15(14)25-2)10-16(23)20-11-17-21-22-18(26-17)13-5-3-4-8-19-13/h3-9H,10-11H2,1-2H3,(H,20,23). The predicted molar refractivity (Wildman–Crippen MR) is 92.6 cm³/mol. The van der Waals surface area contributed by atoms with E-state index in [9.17, 15) is 4.79 Å². The summed E-state index contributed by atoms with van der Waals surface area (Å²) < 4.78 is 15.9. The molecule has 0 spiro atoms. The van der Waals surface area contributed by atoms with E-state index in [1.54, 1.807) is 44.7 Å². The van der Waals surface area contributed by atoms with Gasteiger partial charge in [0.25, 0.3) is 5.89 Å². The van der Waals surface area contributed by atoms with Gasteiger partial charge in [0.2, 0.25) is 11.8 Å². The molecule has 0 bridgehead atoms. The van der Waals surface area contributed by atoms with Crippen molar-refractivity contribution in [3.05, 3.63) is 54.0 Å². The van der Waals surface area contributed by atoms with Gasteiger partial charge in [0.05, 0.1) is 27.2 Å². The van der Waals surface area contributed by atoms with Crippen LogP contribution in [0.4, 0.5) is 0 Å². The summed E-state index contributed by atoms with van der Waals surface area (Å²) in [7, 11) is 3.12. The summed E-state index contributed by atoms with van der Waals surface area (Å²) in [5.74, 6) is 1.65. The summed E-state index contributed by atoms with van der Waals surface area (Å²) in [5, 5.41) is 10.6. The molecule has 0 saturated carbocycles. The molecule has 0 aliphatic carbocycles. The summed E-state index contributed by atoms with van der Waals surface area (Å²) in [6, 6.07) is 10.7. The molecular formula is C18H18N4O4. The minimum Gasteiger partial charge on any atom is -0.493 e. The Balaban J connectivity index is 1.57. The van der Waals surface area contributed by atoms with Gasteiger partial charge in [-0.25, -0.2) is 0 Å². The molecule has 134 valence electrons. The molecule has 0 atom stereocenters. The van der Waals surface area contributed by atoms with E-state index in [1.807, 2.05) is 12.1 Å². The first kappa shape index (κ1) is 17.4. The van der Waals surface area contributed by atoms with Crippen molar-refractivity contribution in [2.24, 2.45) is 0 Å². The van der Waals surface area contributed by atoms with Gasteiger partial charge in [-0.2, -0.15) is 0 Å². The minimum absolute atomic E-state index is 0.145. The van der Waals surface area contributed by atoms with Gasteiger partial charge in [-0.3, -0.25) is 9.78 Å². The first-order chi connectivity index (χ1) is 12.7. The van der Waals surface area contributed by atoms with Crippen LogP contribution in [0.15, 0.2) is 47.0 Å². The van der Waals surface area contributed by atoms with Crippen LogP contribution in [0.3, 0.4) is 0 Å². The predicted octanol–water partition coefficient (Wildman–Crippen LogP) is 2.01. The average molecular weight is 354 g/mol. The largest absolute Gasteiger partial charge is 0.493 e. The molecule has 0 fully saturated rings. The highest BCUT2D eigenvalue weighted by Crippen LogP contribution is 2.27. The number of aromatic nitrogens is 3. The Kier molecular flexibility index (Phi) is 5.43. The van der Waals surface area contributed by atoms with E-state index in [0.29, 0.717) is 29.0 Å². The van der Waals surface area contributed by atoms with Crippen molar-refractivity contribution in [1.29, 1.82) is 0 Å². The first-order valence-corrected chi connectivity index (χ1v) is 7.91. The SMILES string of the molecule is COc1ccc(CC(=O)NCc2nnc(-c3ccccn3)o2)cc1OC. The minimum atomic E-state index is -0.171. The Morgan fingerprint density at radius 3 is 2.69 bits per heavy atom. The second kappa shape index (κ2) is 8.11. The number of carbonyl (C=O) groups excluding carboxylic acids is 1. The highest BCUT2D eigenvalue weighted by Gasteiger charge is 2.12. The fourth-order valence-electron chi connectivity index (χ4n) is 2.33. The van der Waals surface area contributed by atoms with Crippen LogP contribution >= 0.6 is 0 Å². The van der Waals surface area contributed by atoms with E-state index in [4.69, 9.17) is 13.9 Å². The van der Waals surface area contributed by atoms with Gasteiger partial charge in [0.1, 0.15) is 5.69 Å². The van der Waals surface area contributed by atoms with Gasteiger partial charge in [-0.15, -0.1) is 10.2 Å². The number of amides is 1. The average Bonchev–Trinajstić information content (AvgIpc) is 3.16. The van der Waals surface area contributed by atoms with Crippen LogP contribution in [0.1, 0.15) is 11.5 Å². The van der Waals surface area contributed by atoms with Crippen molar-refractivity contribution < 1.29 is 18.7 Å². The van der Waals surface area contributed by atoms with Gasteiger partial charge in [0, 0.05) is 6.20 Å². The summed E-state index contributed by atoms with van der Waals surface area (Å²) in [6.45, 7) is 0.145. The number of hydrogen-bond donors (Lipinski definition) is 1. The Labute approximate surface area is 150 Å². The molecule has 0 saturated heterocycles. The summed E-state index contributed by atoms with van der Waals surface area (Å²) in [5.41, 5.74) is 1.39. The number of ether oxygens (including phenoxy) is 2. The lowest BCUT2D eigenvalue weighted by Crippen LogP contribution is -2.24. The zero-order valence-corrected chi connectivity index (χ0v) is 14.4. The molecule has 2 aromatic heterocycles. The lowest BCUT2D eigenvalue weighted by molar-refractivity contribution is -0.120. The van der Waals surface area contributed by atoms with E-state index in [2.05, 4.69) is 20.5 Å². The van der Waals surface area contributed by atoms with Crippen LogP contribution < -0.4 is 14.8 Å². The molecule has 0 aliphatic rings. The second-order valence-corrected chi connectivity index (χ2v) is 5.36. The number of carbonyl (C=O) groups is 1. The van der Waals surface area contributed by atoms with Gasteiger partial charge >= 0.3 is 0 Å². The summed E-state index contributed by atoms with van der Waals surface area (Å²) >= 11 is 0. The number of pyridine rings is 1. The van der Waals surface area contributed by atoms with Crippen LogP contribution in [-0.2, 0) is 17.8 Å². The number of nitrogens with one attached hydrogen (secondary N) is 1. The molecule has 3 aromatic rings. The maximum absolute atomic E-state index is 12.1. The normalized spacial score (nSPS) is 10.4. The van der Waals surface area contributed by atoms with Gasteiger partial charge in [-0.05, 0) is 29.8 Å². The molecule has 26 heavy (non-hydrogen) atoms. The Bertz CT molecular complexity index is 880. The van der Waals surface area contributed by atoms with Crippen LogP contribution in [0.25, 0.3) is 11.6 Å². The molecule has 0 aliphatic heterocycles. The number of hydrogen-bond acceptors (Lipinski definition) is 7. The quantitative estimate of drug-likeness (QED) is 0.693. The van der Waals surface area contributed by atoms with Gasteiger partial charge in [-0.1, -0.05) is 12.1 Å². The Morgan fingerprint density at radius 1 is 1.12 bits per heavy atom. The van der Waals surface area contributed by atoms with E-state index in [-0.39, 0.29) is 18.9 Å². The molecule has 1 N–H and O–H groups in total. The third-order valence-corrected chi connectivity index (χ3v) is 3.60. The number of benzene rings is 1. The first-order valence-electron chi connectivity index (χ1n) is 7.91.